The Morgan fingerprint density at radius 2 is 2.32 bits per heavy atom. The number of nitrogens with zero attached hydrogens (tertiary/aromatic N) is 4. The third-order valence-corrected chi connectivity index (χ3v) is 4.45. The molecule has 2 N–H and O–H groups in total. The zero-order valence-electron chi connectivity index (χ0n) is 11.1. The van der Waals surface area contributed by atoms with Gasteiger partial charge in [-0.3, -0.25) is 0 Å². The molecule has 3 heterocycles. The Hall–Kier alpha value is -1.31. The number of aromatic nitrogens is 4. The van der Waals surface area contributed by atoms with Gasteiger partial charge < -0.3 is 10.5 Å². The molecule has 0 aromatic carbocycles. The maximum atomic E-state index is 5.76. The maximum Gasteiger partial charge on any atom is 0.212 e. The van der Waals surface area contributed by atoms with Crippen molar-refractivity contribution in [2.24, 2.45) is 5.73 Å². The van der Waals surface area contributed by atoms with Crippen LogP contribution in [0.5, 0.6) is 0 Å². The molecule has 0 radical (unpaired) electrons. The first-order valence-electron chi connectivity index (χ1n) is 6.41. The second-order valence-corrected chi connectivity index (χ2v) is 5.86. The van der Waals surface area contributed by atoms with Gasteiger partial charge in [0.1, 0.15) is 17.5 Å². The van der Waals surface area contributed by atoms with E-state index in [-0.39, 0.29) is 6.10 Å². The molecular weight excluding hydrogens is 262 g/mol. The van der Waals surface area contributed by atoms with Gasteiger partial charge in [0, 0.05) is 18.0 Å². The second-order valence-electron chi connectivity index (χ2n) is 4.68. The first kappa shape index (κ1) is 12.7. The average Bonchev–Trinajstić information content (AvgIpc) is 3.09. The lowest BCUT2D eigenvalue weighted by Gasteiger charge is -2.11. The summed E-state index contributed by atoms with van der Waals surface area (Å²) in [6, 6.07) is 0. The van der Waals surface area contributed by atoms with Gasteiger partial charge in [0.25, 0.3) is 0 Å². The summed E-state index contributed by atoms with van der Waals surface area (Å²) in [6.07, 6.45) is 2.09. The molecule has 1 aliphatic heterocycles. The lowest BCUT2D eigenvalue weighted by Crippen LogP contribution is -2.10. The third kappa shape index (κ3) is 2.18. The highest BCUT2D eigenvalue weighted by Crippen LogP contribution is 2.32. The third-order valence-electron chi connectivity index (χ3n) is 3.41. The quantitative estimate of drug-likeness (QED) is 0.924. The highest BCUT2D eigenvalue weighted by atomic mass is 32.1. The molecule has 1 atom stereocenters. The fourth-order valence-corrected chi connectivity index (χ4v) is 3.14. The standard InChI is InChI=1S/C12H17N5OS/c1-7-8(2)19-12(14-7)17-11(9(6-13)15-16-17)10-4-3-5-18-10/h10H,3-6,13H2,1-2H3. The lowest BCUT2D eigenvalue weighted by molar-refractivity contribution is 0.106. The molecule has 7 heteroatoms. The zero-order chi connectivity index (χ0) is 13.4. The summed E-state index contributed by atoms with van der Waals surface area (Å²) in [4.78, 5) is 5.74. The Labute approximate surface area is 115 Å². The molecule has 0 aliphatic carbocycles. The number of ether oxygens (including phenoxy) is 1. The minimum atomic E-state index is 0.0399. The molecule has 2 aromatic rings. The van der Waals surface area contributed by atoms with Crippen LogP contribution in [0.4, 0.5) is 0 Å². The summed E-state index contributed by atoms with van der Waals surface area (Å²) in [5.74, 6) is 0. The molecule has 2 aromatic heterocycles. The van der Waals surface area contributed by atoms with E-state index in [0.29, 0.717) is 6.54 Å². The Morgan fingerprint density at radius 3 is 2.89 bits per heavy atom. The van der Waals surface area contributed by atoms with Gasteiger partial charge in [-0.2, -0.15) is 4.68 Å². The molecule has 1 unspecified atom stereocenters. The van der Waals surface area contributed by atoms with Crippen LogP contribution in [-0.4, -0.2) is 26.6 Å². The number of aryl methyl sites for hydroxylation is 2. The van der Waals surface area contributed by atoms with Crippen LogP contribution in [0.15, 0.2) is 0 Å². The Morgan fingerprint density at radius 1 is 1.47 bits per heavy atom. The van der Waals surface area contributed by atoms with Crippen molar-refractivity contribution >= 4 is 11.3 Å². The Bertz CT molecular complexity index is 565. The normalized spacial score (nSPS) is 19.2. The van der Waals surface area contributed by atoms with E-state index < -0.39 is 0 Å². The summed E-state index contributed by atoms with van der Waals surface area (Å²) >= 11 is 1.62. The van der Waals surface area contributed by atoms with E-state index in [9.17, 15) is 0 Å². The van der Waals surface area contributed by atoms with Crippen molar-refractivity contribution in [3.8, 4) is 5.13 Å². The molecule has 0 saturated carbocycles. The molecule has 3 rings (SSSR count). The summed E-state index contributed by atoms with van der Waals surface area (Å²) in [5, 5.41) is 9.22. The minimum absolute atomic E-state index is 0.0399. The predicted molar refractivity (Wildman–Crippen MR) is 72.3 cm³/mol. The van der Waals surface area contributed by atoms with Gasteiger partial charge in [-0.25, -0.2) is 4.98 Å². The summed E-state index contributed by atoms with van der Waals surface area (Å²) < 4.78 is 7.55. The molecule has 0 bridgehead atoms. The number of hydrogen-bond acceptors (Lipinski definition) is 6. The van der Waals surface area contributed by atoms with Crippen LogP contribution in [0.2, 0.25) is 0 Å². The van der Waals surface area contributed by atoms with Gasteiger partial charge in [0.15, 0.2) is 0 Å². The van der Waals surface area contributed by atoms with Crippen LogP contribution >= 0.6 is 11.3 Å². The largest absolute Gasteiger partial charge is 0.372 e. The van der Waals surface area contributed by atoms with Crippen LogP contribution in [-0.2, 0) is 11.3 Å². The van der Waals surface area contributed by atoms with E-state index in [0.717, 1.165) is 41.7 Å². The van der Waals surface area contributed by atoms with E-state index in [1.165, 1.54) is 4.88 Å². The Kier molecular flexibility index (Phi) is 3.34. The van der Waals surface area contributed by atoms with Gasteiger partial charge in [-0.1, -0.05) is 16.6 Å². The molecule has 1 fully saturated rings. The zero-order valence-corrected chi connectivity index (χ0v) is 11.9. The van der Waals surface area contributed by atoms with Crippen molar-refractivity contribution in [1.82, 2.24) is 20.0 Å². The van der Waals surface area contributed by atoms with Gasteiger partial charge in [0.05, 0.1) is 5.69 Å². The van der Waals surface area contributed by atoms with E-state index in [1.807, 2.05) is 6.92 Å². The van der Waals surface area contributed by atoms with Crippen molar-refractivity contribution in [2.75, 3.05) is 6.61 Å². The van der Waals surface area contributed by atoms with E-state index in [2.05, 4.69) is 22.2 Å². The predicted octanol–water partition coefficient (Wildman–Crippen LogP) is 1.65. The van der Waals surface area contributed by atoms with Crippen LogP contribution in [0.1, 0.15) is 40.9 Å². The highest BCUT2D eigenvalue weighted by molar-refractivity contribution is 7.14. The van der Waals surface area contributed by atoms with Gasteiger partial charge >= 0.3 is 0 Å². The number of rotatable bonds is 3. The minimum Gasteiger partial charge on any atom is -0.372 e. The monoisotopic (exact) mass is 279 g/mol. The van der Waals surface area contributed by atoms with E-state index in [1.54, 1.807) is 16.0 Å². The molecule has 0 amide bonds. The molecule has 102 valence electrons. The van der Waals surface area contributed by atoms with Crippen molar-refractivity contribution in [1.29, 1.82) is 0 Å². The molecular formula is C12H17N5OS. The smallest absolute Gasteiger partial charge is 0.212 e. The van der Waals surface area contributed by atoms with Crippen LogP contribution in [0.3, 0.4) is 0 Å². The number of thiazole rings is 1. The van der Waals surface area contributed by atoms with Crippen LogP contribution in [0.25, 0.3) is 5.13 Å². The lowest BCUT2D eigenvalue weighted by atomic mass is 10.1. The number of hydrogen-bond donors (Lipinski definition) is 1. The summed E-state index contributed by atoms with van der Waals surface area (Å²) in [6.45, 7) is 5.22. The summed E-state index contributed by atoms with van der Waals surface area (Å²) in [7, 11) is 0. The highest BCUT2D eigenvalue weighted by Gasteiger charge is 2.27. The molecule has 1 saturated heterocycles. The molecule has 19 heavy (non-hydrogen) atoms. The number of nitrogens with two attached hydrogens (primary N) is 1. The fraction of sp³-hybridized carbons (Fsp3) is 0.583. The van der Waals surface area contributed by atoms with Crippen molar-refractivity contribution in [3.63, 3.8) is 0 Å². The topological polar surface area (TPSA) is 78.9 Å². The van der Waals surface area contributed by atoms with E-state index >= 15 is 0 Å². The Balaban J connectivity index is 2.07. The van der Waals surface area contributed by atoms with Crippen molar-refractivity contribution in [2.45, 2.75) is 39.3 Å². The van der Waals surface area contributed by atoms with Crippen molar-refractivity contribution < 1.29 is 4.74 Å². The average molecular weight is 279 g/mol. The molecule has 1 aliphatic rings. The SMILES string of the molecule is Cc1nc(-n2nnc(CN)c2C2CCCO2)sc1C. The molecule has 0 spiro atoms. The van der Waals surface area contributed by atoms with Gasteiger partial charge in [0.2, 0.25) is 5.13 Å². The maximum absolute atomic E-state index is 5.76. The van der Waals surface area contributed by atoms with E-state index in [4.69, 9.17) is 10.5 Å². The molecule has 6 nitrogen and oxygen atoms in total. The first-order valence-corrected chi connectivity index (χ1v) is 7.23. The van der Waals surface area contributed by atoms with Crippen LogP contribution < -0.4 is 5.73 Å². The fourth-order valence-electron chi connectivity index (χ4n) is 2.27. The van der Waals surface area contributed by atoms with Gasteiger partial charge in [-0.15, -0.1) is 5.10 Å². The van der Waals surface area contributed by atoms with Gasteiger partial charge in [-0.05, 0) is 26.7 Å². The van der Waals surface area contributed by atoms with Crippen LogP contribution in [0, 0.1) is 13.8 Å². The first-order chi connectivity index (χ1) is 9.20. The summed E-state index contributed by atoms with van der Waals surface area (Å²) in [5.41, 5.74) is 8.56. The second kappa shape index (κ2) is 4.99. The van der Waals surface area contributed by atoms with Crippen molar-refractivity contribution in [3.05, 3.63) is 22.0 Å².